The van der Waals surface area contributed by atoms with Crippen LogP contribution in [0.15, 0.2) is 29.8 Å². The Labute approximate surface area is 128 Å². The van der Waals surface area contributed by atoms with E-state index in [1.54, 1.807) is 5.57 Å². The lowest BCUT2D eigenvalue weighted by Gasteiger charge is -2.27. The molecule has 0 saturated heterocycles. The number of benzene rings is 1. The first kappa shape index (κ1) is 14.6. The molecule has 0 amide bonds. The number of allylic oxidation sites excluding steroid dienone is 1. The summed E-state index contributed by atoms with van der Waals surface area (Å²) < 4.78 is 6.01. The Hall–Kier alpha value is -1.28. The standard InChI is InChI=1S/C19H27NO/c1-2-20-18(14-15-8-4-3-5-9-15)17-12-6-10-16-11-7-13-21-19(16)17/h6,8,10,12,18,20H,2-5,7,9,11,13-14H2,1H3. The fourth-order valence-electron chi connectivity index (χ4n) is 3.58. The van der Waals surface area contributed by atoms with E-state index < -0.39 is 0 Å². The molecule has 0 bridgehead atoms. The monoisotopic (exact) mass is 285 g/mol. The first-order chi connectivity index (χ1) is 10.4. The van der Waals surface area contributed by atoms with E-state index in [4.69, 9.17) is 4.74 Å². The number of rotatable bonds is 5. The highest BCUT2D eigenvalue weighted by atomic mass is 16.5. The molecule has 3 rings (SSSR count). The van der Waals surface area contributed by atoms with Crippen LogP contribution in [0.1, 0.15) is 62.6 Å². The molecule has 1 aliphatic carbocycles. The Balaban J connectivity index is 1.84. The molecule has 0 saturated carbocycles. The summed E-state index contributed by atoms with van der Waals surface area (Å²) in [4.78, 5) is 0. The topological polar surface area (TPSA) is 21.3 Å². The van der Waals surface area contributed by atoms with Crippen LogP contribution in [0, 0.1) is 0 Å². The molecule has 21 heavy (non-hydrogen) atoms. The maximum Gasteiger partial charge on any atom is 0.127 e. The normalized spacial score (nSPS) is 19.4. The van der Waals surface area contributed by atoms with Crippen LogP contribution in [-0.2, 0) is 6.42 Å². The Morgan fingerprint density at radius 1 is 1.19 bits per heavy atom. The number of nitrogens with one attached hydrogen (secondary N) is 1. The quantitative estimate of drug-likeness (QED) is 0.801. The predicted molar refractivity (Wildman–Crippen MR) is 87.8 cm³/mol. The van der Waals surface area contributed by atoms with Gasteiger partial charge in [0.2, 0.25) is 0 Å². The smallest absolute Gasteiger partial charge is 0.127 e. The number of hydrogen-bond donors (Lipinski definition) is 1. The molecule has 0 fully saturated rings. The molecule has 0 radical (unpaired) electrons. The van der Waals surface area contributed by atoms with E-state index in [-0.39, 0.29) is 0 Å². The molecule has 1 unspecified atom stereocenters. The molecule has 2 aliphatic rings. The minimum Gasteiger partial charge on any atom is -0.493 e. The minimum atomic E-state index is 0.396. The SMILES string of the molecule is CCNC(CC1=CCCCC1)c1cccc2c1OCCC2. The Morgan fingerprint density at radius 2 is 2.14 bits per heavy atom. The predicted octanol–water partition coefficient (Wildman–Crippen LogP) is 4.55. The van der Waals surface area contributed by atoms with Gasteiger partial charge in [-0.1, -0.05) is 36.8 Å². The number of fused-ring (bicyclic) bond motifs is 1. The molecule has 0 aromatic heterocycles. The van der Waals surface area contributed by atoms with Gasteiger partial charge in [0.1, 0.15) is 5.75 Å². The van der Waals surface area contributed by atoms with Crippen molar-refractivity contribution in [1.82, 2.24) is 5.32 Å². The second-order valence-electron chi connectivity index (χ2n) is 6.21. The summed E-state index contributed by atoms with van der Waals surface area (Å²) in [5.74, 6) is 1.16. The van der Waals surface area contributed by atoms with E-state index in [1.807, 2.05) is 0 Å². The molecule has 0 spiro atoms. The van der Waals surface area contributed by atoms with Crippen LogP contribution in [0.4, 0.5) is 0 Å². The van der Waals surface area contributed by atoms with Crippen LogP contribution >= 0.6 is 0 Å². The largest absolute Gasteiger partial charge is 0.493 e. The van der Waals surface area contributed by atoms with Crippen LogP contribution in [0.2, 0.25) is 0 Å². The van der Waals surface area contributed by atoms with Crippen LogP contribution < -0.4 is 10.1 Å². The van der Waals surface area contributed by atoms with Crippen molar-refractivity contribution in [2.75, 3.05) is 13.2 Å². The highest BCUT2D eigenvalue weighted by Crippen LogP contribution is 2.36. The van der Waals surface area contributed by atoms with Crippen molar-refractivity contribution >= 4 is 0 Å². The highest BCUT2D eigenvalue weighted by molar-refractivity contribution is 5.45. The second kappa shape index (κ2) is 7.13. The van der Waals surface area contributed by atoms with Gasteiger partial charge in [0.15, 0.2) is 0 Å². The molecular formula is C19H27NO. The summed E-state index contributed by atoms with van der Waals surface area (Å²) in [6.07, 6.45) is 11.2. The molecule has 1 aromatic carbocycles. The minimum absolute atomic E-state index is 0.396. The van der Waals surface area contributed by atoms with Crippen molar-refractivity contribution in [1.29, 1.82) is 0 Å². The summed E-state index contributed by atoms with van der Waals surface area (Å²) in [7, 11) is 0. The molecule has 1 aliphatic heterocycles. The lowest BCUT2D eigenvalue weighted by molar-refractivity contribution is 0.281. The lowest BCUT2D eigenvalue weighted by atomic mass is 9.89. The van der Waals surface area contributed by atoms with Gasteiger partial charge in [-0.3, -0.25) is 0 Å². The van der Waals surface area contributed by atoms with Crippen molar-refractivity contribution in [2.24, 2.45) is 0 Å². The van der Waals surface area contributed by atoms with Crippen molar-refractivity contribution in [3.8, 4) is 5.75 Å². The molecule has 1 N–H and O–H groups in total. The Morgan fingerprint density at radius 3 is 2.95 bits per heavy atom. The van der Waals surface area contributed by atoms with Crippen LogP contribution in [-0.4, -0.2) is 13.2 Å². The fraction of sp³-hybridized carbons (Fsp3) is 0.579. The summed E-state index contributed by atoms with van der Waals surface area (Å²) in [5.41, 5.74) is 4.38. The average Bonchev–Trinajstić information content (AvgIpc) is 2.55. The van der Waals surface area contributed by atoms with Gasteiger partial charge in [-0.05, 0) is 57.1 Å². The molecule has 1 aromatic rings. The molecular weight excluding hydrogens is 258 g/mol. The van der Waals surface area contributed by atoms with Crippen molar-refractivity contribution < 1.29 is 4.74 Å². The number of ether oxygens (including phenoxy) is 1. The highest BCUT2D eigenvalue weighted by Gasteiger charge is 2.21. The Kier molecular flexibility index (Phi) is 4.97. The molecule has 1 heterocycles. The molecule has 114 valence electrons. The zero-order chi connectivity index (χ0) is 14.5. The van der Waals surface area contributed by atoms with Crippen molar-refractivity contribution in [3.63, 3.8) is 0 Å². The summed E-state index contributed by atoms with van der Waals surface area (Å²) in [5, 5.41) is 3.68. The fourth-order valence-corrected chi connectivity index (χ4v) is 3.58. The van der Waals surface area contributed by atoms with Crippen molar-refractivity contribution in [3.05, 3.63) is 41.0 Å². The first-order valence-electron chi connectivity index (χ1n) is 8.54. The van der Waals surface area contributed by atoms with Gasteiger partial charge in [0.05, 0.1) is 6.61 Å². The molecule has 1 atom stereocenters. The van der Waals surface area contributed by atoms with E-state index in [9.17, 15) is 0 Å². The Bertz CT molecular complexity index is 506. The van der Waals surface area contributed by atoms with Gasteiger partial charge in [0.25, 0.3) is 0 Å². The first-order valence-corrected chi connectivity index (χ1v) is 8.54. The van der Waals surface area contributed by atoms with E-state index >= 15 is 0 Å². The zero-order valence-electron chi connectivity index (χ0n) is 13.2. The third kappa shape index (κ3) is 3.49. The number of aryl methyl sites for hydroxylation is 1. The zero-order valence-corrected chi connectivity index (χ0v) is 13.2. The second-order valence-corrected chi connectivity index (χ2v) is 6.21. The maximum absolute atomic E-state index is 6.01. The van der Waals surface area contributed by atoms with Crippen LogP contribution in [0.25, 0.3) is 0 Å². The van der Waals surface area contributed by atoms with E-state index in [0.717, 1.165) is 38.2 Å². The van der Waals surface area contributed by atoms with Gasteiger partial charge in [-0.15, -0.1) is 0 Å². The number of hydrogen-bond acceptors (Lipinski definition) is 2. The van der Waals surface area contributed by atoms with E-state index in [1.165, 1.54) is 36.8 Å². The van der Waals surface area contributed by atoms with Crippen molar-refractivity contribution in [2.45, 2.75) is 57.9 Å². The maximum atomic E-state index is 6.01. The van der Waals surface area contributed by atoms with Gasteiger partial charge in [0, 0.05) is 11.6 Å². The van der Waals surface area contributed by atoms with Crippen LogP contribution in [0.3, 0.4) is 0 Å². The molecule has 2 heteroatoms. The number of para-hydroxylation sites is 1. The third-order valence-corrected chi connectivity index (χ3v) is 4.64. The summed E-state index contributed by atoms with van der Waals surface area (Å²) >= 11 is 0. The van der Waals surface area contributed by atoms with Gasteiger partial charge in [-0.2, -0.15) is 0 Å². The summed E-state index contributed by atoms with van der Waals surface area (Å²) in [6.45, 7) is 4.06. The lowest BCUT2D eigenvalue weighted by Crippen LogP contribution is -2.23. The van der Waals surface area contributed by atoms with Gasteiger partial charge < -0.3 is 10.1 Å². The van der Waals surface area contributed by atoms with E-state index in [0.29, 0.717) is 6.04 Å². The van der Waals surface area contributed by atoms with E-state index in [2.05, 4.69) is 36.5 Å². The van der Waals surface area contributed by atoms with Gasteiger partial charge in [-0.25, -0.2) is 0 Å². The van der Waals surface area contributed by atoms with Crippen LogP contribution in [0.5, 0.6) is 5.75 Å². The summed E-state index contributed by atoms with van der Waals surface area (Å²) in [6, 6.07) is 7.07. The average molecular weight is 285 g/mol. The molecule has 2 nitrogen and oxygen atoms in total. The van der Waals surface area contributed by atoms with Gasteiger partial charge >= 0.3 is 0 Å². The third-order valence-electron chi connectivity index (χ3n) is 4.64.